The molecule has 0 aliphatic heterocycles. The summed E-state index contributed by atoms with van der Waals surface area (Å²) >= 11 is 1.75. The molecule has 1 aromatic rings. The van der Waals surface area contributed by atoms with Gasteiger partial charge >= 0.3 is 0 Å². The Hall–Kier alpha value is -0.470. The van der Waals surface area contributed by atoms with E-state index >= 15 is 0 Å². The van der Waals surface area contributed by atoms with E-state index in [1.807, 2.05) is 0 Å². The Labute approximate surface area is 174 Å². The van der Waals surface area contributed by atoms with E-state index in [1.54, 1.807) is 11.8 Å². The summed E-state index contributed by atoms with van der Waals surface area (Å²) in [6, 6.07) is 8.53. The smallest absolute Gasteiger partial charge is 0.191 e. The molecule has 25 heavy (non-hydrogen) atoms. The van der Waals surface area contributed by atoms with E-state index in [0.29, 0.717) is 6.54 Å². The molecule has 144 valence electrons. The van der Waals surface area contributed by atoms with E-state index in [1.165, 1.54) is 10.5 Å². The average Bonchev–Trinajstić information content (AvgIpc) is 2.63. The van der Waals surface area contributed by atoms with Gasteiger partial charge in [0.2, 0.25) is 0 Å². The Balaban J connectivity index is 0.00000576. The molecule has 0 aliphatic carbocycles. The Kier molecular flexibility index (Phi) is 13.4. The number of benzene rings is 1. The zero-order valence-corrected chi connectivity index (χ0v) is 19.1. The molecule has 0 radical (unpaired) electrons. The monoisotopic (exact) mass is 479 g/mol. The number of hydrogen-bond donors (Lipinski definition) is 3. The Morgan fingerprint density at radius 3 is 2.24 bits per heavy atom. The van der Waals surface area contributed by atoms with Gasteiger partial charge in [0.05, 0.1) is 6.54 Å². The van der Waals surface area contributed by atoms with Gasteiger partial charge in [0.1, 0.15) is 0 Å². The van der Waals surface area contributed by atoms with Gasteiger partial charge in [-0.25, -0.2) is 4.99 Å². The van der Waals surface area contributed by atoms with Crippen molar-refractivity contribution in [3.63, 3.8) is 0 Å². The molecular formula is C19H34IN3OS. The highest BCUT2D eigenvalue weighted by Gasteiger charge is 2.25. The molecule has 4 nitrogen and oxygen atoms in total. The average molecular weight is 479 g/mol. The SMILES string of the molecule is CCNC(=NCc1ccc(SC)cc1)NCC(CC)(CC)CCO.I. The first kappa shape index (κ1) is 24.5. The molecule has 0 amide bonds. The van der Waals surface area contributed by atoms with Gasteiger partial charge in [-0.2, -0.15) is 0 Å². The van der Waals surface area contributed by atoms with Crippen LogP contribution in [0.1, 0.15) is 45.6 Å². The van der Waals surface area contributed by atoms with Gasteiger partial charge in [-0.15, -0.1) is 35.7 Å². The molecule has 0 saturated carbocycles. The van der Waals surface area contributed by atoms with Gasteiger partial charge < -0.3 is 15.7 Å². The third kappa shape index (κ3) is 8.64. The number of aliphatic hydroxyl groups excluding tert-OH is 1. The second-order valence-corrected chi connectivity index (χ2v) is 6.96. The van der Waals surface area contributed by atoms with Crippen LogP contribution in [0, 0.1) is 5.41 Å². The molecule has 0 heterocycles. The van der Waals surface area contributed by atoms with Crippen molar-refractivity contribution in [2.45, 2.75) is 51.5 Å². The molecule has 3 N–H and O–H groups in total. The van der Waals surface area contributed by atoms with Gasteiger partial charge in [0.25, 0.3) is 0 Å². The summed E-state index contributed by atoms with van der Waals surface area (Å²) in [5, 5.41) is 16.1. The van der Waals surface area contributed by atoms with E-state index in [2.05, 4.69) is 61.9 Å². The number of guanidine groups is 1. The van der Waals surface area contributed by atoms with E-state index in [4.69, 9.17) is 4.99 Å². The van der Waals surface area contributed by atoms with Crippen LogP contribution < -0.4 is 10.6 Å². The molecule has 0 aromatic heterocycles. The molecule has 0 bridgehead atoms. The maximum atomic E-state index is 9.35. The number of nitrogens with one attached hydrogen (secondary N) is 2. The molecule has 0 unspecified atom stereocenters. The fourth-order valence-corrected chi connectivity index (χ4v) is 3.10. The zero-order chi connectivity index (χ0) is 17.8. The third-order valence-corrected chi connectivity index (χ3v) is 5.44. The molecule has 0 spiro atoms. The van der Waals surface area contributed by atoms with Gasteiger partial charge in [-0.3, -0.25) is 0 Å². The number of aliphatic imine (C=N–C) groups is 1. The molecule has 1 rings (SSSR count). The van der Waals surface area contributed by atoms with E-state index in [0.717, 1.165) is 38.3 Å². The van der Waals surface area contributed by atoms with Gasteiger partial charge in [0, 0.05) is 24.6 Å². The van der Waals surface area contributed by atoms with Crippen molar-refractivity contribution in [1.29, 1.82) is 0 Å². The fraction of sp³-hybridized carbons (Fsp3) is 0.632. The topological polar surface area (TPSA) is 56.7 Å². The van der Waals surface area contributed by atoms with Crippen molar-refractivity contribution >= 4 is 41.7 Å². The summed E-state index contributed by atoms with van der Waals surface area (Å²) in [5.74, 6) is 0.843. The van der Waals surface area contributed by atoms with Crippen LogP contribution in [0.3, 0.4) is 0 Å². The summed E-state index contributed by atoms with van der Waals surface area (Å²) in [4.78, 5) is 5.97. The lowest BCUT2D eigenvalue weighted by Gasteiger charge is -2.32. The molecular weight excluding hydrogens is 445 g/mol. The van der Waals surface area contributed by atoms with Crippen LogP contribution in [-0.2, 0) is 6.54 Å². The highest BCUT2D eigenvalue weighted by Crippen LogP contribution is 2.29. The zero-order valence-electron chi connectivity index (χ0n) is 16.0. The molecule has 0 aliphatic rings. The first-order chi connectivity index (χ1) is 11.6. The summed E-state index contributed by atoms with van der Waals surface area (Å²) in [6.45, 7) is 9.02. The van der Waals surface area contributed by atoms with Crippen molar-refractivity contribution in [1.82, 2.24) is 10.6 Å². The summed E-state index contributed by atoms with van der Waals surface area (Å²) in [6.07, 6.45) is 5.00. The standard InChI is InChI=1S/C19H33N3OS.HI/c1-5-19(6-2,12-13-23)15-22-18(20-7-3)21-14-16-8-10-17(24-4)11-9-16;/h8-11,23H,5-7,12-15H2,1-4H3,(H2,20,21,22);1H. The second-order valence-electron chi connectivity index (χ2n) is 6.08. The number of halogens is 1. The van der Waals surface area contributed by atoms with Crippen LogP contribution in [0.4, 0.5) is 0 Å². The highest BCUT2D eigenvalue weighted by atomic mass is 127. The van der Waals surface area contributed by atoms with Crippen molar-refractivity contribution in [3.8, 4) is 0 Å². The number of rotatable bonds is 10. The lowest BCUT2D eigenvalue weighted by atomic mass is 9.79. The van der Waals surface area contributed by atoms with Crippen molar-refractivity contribution in [2.24, 2.45) is 10.4 Å². The fourth-order valence-electron chi connectivity index (χ4n) is 2.69. The van der Waals surface area contributed by atoms with Crippen LogP contribution in [-0.4, -0.2) is 37.0 Å². The molecule has 0 fully saturated rings. The van der Waals surface area contributed by atoms with Crippen LogP contribution in [0.5, 0.6) is 0 Å². The van der Waals surface area contributed by atoms with Crippen molar-refractivity contribution in [3.05, 3.63) is 29.8 Å². The third-order valence-electron chi connectivity index (χ3n) is 4.70. The van der Waals surface area contributed by atoms with E-state index < -0.39 is 0 Å². The van der Waals surface area contributed by atoms with Crippen molar-refractivity contribution < 1.29 is 5.11 Å². The maximum Gasteiger partial charge on any atom is 0.191 e. The van der Waals surface area contributed by atoms with Crippen LogP contribution in [0.15, 0.2) is 34.2 Å². The summed E-state index contributed by atoms with van der Waals surface area (Å²) in [5.41, 5.74) is 1.34. The van der Waals surface area contributed by atoms with Crippen LogP contribution in [0.25, 0.3) is 0 Å². The first-order valence-electron chi connectivity index (χ1n) is 8.89. The predicted octanol–water partition coefficient (Wildman–Crippen LogP) is 4.27. The maximum absolute atomic E-state index is 9.35. The molecule has 0 saturated heterocycles. The lowest BCUT2D eigenvalue weighted by molar-refractivity contribution is 0.169. The number of thioether (sulfide) groups is 1. The number of hydrogen-bond acceptors (Lipinski definition) is 3. The Morgan fingerprint density at radius 1 is 1.12 bits per heavy atom. The normalized spacial score (nSPS) is 11.8. The molecule has 1 aromatic carbocycles. The minimum Gasteiger partial charge on any atom is -0.396 e. The van der Waals surface area contributed by atoms with Gasteiger partial charge in [0.15, 0.2) is 5.96 Å². The largest absolute Gasteiger partial charge is 0.396 e. The Bertz CT molecular complexity index is 490. The first-order valence-corrected chi connectivity index (χ1v) is 10.1. The number of nitrogens with zero attached hydrogens (tertiary/aromatic N) is 1. The van der Waals surface area contributed by atoms with E-state index in [-0.39, 0.29) is 36.0 Å². The highest BCUT2D eigenvalue weighted by molar-refractivity contribution is 14.0. The van der Waals surface area contributed by atoms with Crippen LogP contribution >= 0.6 is 35.7 Å². The number of aliphatic hydroxyl groups is 1. The van der Waals surface area contributed by atoms with Gasteiger partial charge in [-0.1, -0.05) is 26.0 Å². The van der Waals surface area contributed by atoms with Crippen molar-refractivity contribution in [2.75, 3.05) is 26.0 Å². The van der Waals surface area contributed by atoms with Crippen LogP contribution in [0.2, 0.25) is 0 Å². The second kappa shape index (κ2) is 13.7. The molecule has 6 heteroatoms. The minimum atomic E-state index is 0. The summed E-state index contributed by atoms with van der Waals surface area (Å²) in [7, 11) is 0. The predicted molar refractivity (Wildman–Crippen MR) is 121 cm³/mol. The van der Waals surface area contributed by atoms with Gasteiger partial charge in [-0.05, 0) is 55.6 Å². The lowest BCUT2D eigenvalue weighted by Crippen LogP contribution is -2.43. The minimum absolute atomic E-state index is 0. The Morgan fingerprint density at radius 2 is 1.76 bits per heavy atom. The summed E-state index contributed by atoms with van der Waals surface area (Å²) < 4.78 is 0. The molecule has 0 atom stereocenters. The van der Waals surface area contributed by atoms with E-state index in [9.17, 15) is 5.11 Å². The quantitative estimate of drug-likeness (QED) is 0.203.